The Hall–Kier alpha value is -3.12. The van der Waals surface area contributed by atoms with Crippen LogP contribution in [0.5, 0.6) is 5.75 Å². The van der Waals surface area contributed by atoms with Gasteiger partial charge in [-0.2, -0.15) is 5.10 Å². The number of rotatable bonds is 7. The number of aliphatic hydroxyl groups excluding tert-OH is 1. The third-order valence-corrected chi connectivity index (χ3v) is 4.50. The molecule has 1 atom stereocenters. The van der Waals surface area contributed by atoms with Gasteiger partial charge in [0.1, 0.15) is 5.75 Å². The first-order valence-electron chi connectivity index (χ1n) is 8.76. The van der Waals surface area contributed by atoms with E-state index in [2.05, 4.69) is 10.2 Å². The van der Waals surface area contributed by atoms with Gasteiger partial charge in [-0.1, -0.05) is 42.5 Å². The standard InChI is InChI=1S/C21H23N3O3/c1-24(12-11-19(25)15-7-4-3-5-8-15)21(26)18-14-22-23-20(18)16-9-6-10-17(13-16)27-2/h3-10,13-14,19,25H,11-12H2,1-2H3,(H,22,23)/t19-/m0/s1. The van der Waals surface area contributed by atoms with Crippen molar-refractivity contribution in [2.75, 3.05) is 20.7 Å². The minimum absolute atomic E-state index is 0.151. The lowest BCUT2D eigenvalue weighted by atomic mass is 10.1. The highest BCUT2D eigenvalue weighted by molar-refractivity contribution is 5.99. The van der Waals surface area contributed by atoms with Crippen molar-refractivity contribution < 1.29 is 14.6 Å². The number of aromatic amines is 1. The third kappa shape index (κ3) is 4.35. The summed E-state index contributed by atoms with van der Waals surface area (Å²) in [5.41, 5.74) is 2.81. The third-order valence-electron chi connectivity index (χ3n) is 4.50. The summed E-state index contributed by atoms with van der Waals surface area (Å²) in [4.78, 5) is 14.5. The van der Waals surface area contributed by atoms with Gasteiger partial charge in [0.2, 0.25) is 0 Å². The van der Waals surface area contributed by atoms with Crippen LogP contribution in [0.15, 0.2) is 60.8 Å². The van der Waals surface area contributed by atoms with Crippen molar-refractivity contribution >= 4 is 5.91 Å². The van der Waals surface area contributed by atoms with Gasteiger partial charge in [-0.25, -0.2) is 0 Å². The Morgan fingerprint density at radius 3 is 2.74 bits per heavy atom. The van der Waals surface area contributed by atoms with Crippen LogP contribution in [0.1, 0.15) is 28.4 Å². The average Bonchev–Trinajstić information content (AvgIpc) is 3.21. The fraction of sp³-hybridized carbons (Fsp3) is 0.238. The molecule has 1 heterocycles. The van der Waals surface area contributed by atoms with Crippen LogP contribution in [0, 0.1) is 0 Å². The number of hydrogen-bond acceptors (Lipinski definition) is 4. The summed E-state index contributed by atoms with van der Waals surface area (Å²) in [5, 5.41) is 17.2. The molecule has 0 aliphatic rings. The van der Waals surface area contributed by atoms with Gasteiger partial charge in [0, 0.05) is 19.2 Å². The van der Waals surface area contributed by atoms with E-state index in [4.69, 9.17) is 4.74 Å². The first-order chi connectivity index (χ1) is 13.1. The monoisotopic (exact) mass is 365 g/mol. The molecule has 1 amide bonds. The van der Waals surface area contributed by atoms with E-state index in [9.17, 15) is 9.90 Å². The molecule has 6 heteroatoms. The summed E-state index contributed by atoms with van der Waals surface area (Å²) in [6, 6.07) is 16.9. The summed E-state index contributed by atoms with van der Waals surface area (Å²) in [6.45, 7) is 0.428. The van der Waals surface area contributed by atoms with Crippen LogP contribution in [-0.2, 0) is 0 Å². The molecule has 0 fully saturated rings. The molecule has 6 nitrogen and oxygen atoms in total. The van der Waals surface area contributed by atoms with Gasteiger partial charge in [0.25, 0.3) is 5.91 Å². The molecule has 0 saturated heterocycles. The maximum atomic E-state index is 12.9. The molecule has 3 rings (SSSR count). The zero-order valence-corrected chi connectivity index (χ0v) is 15.4. The molecule has 0 aliphatic carbocycles. The van der Waals surface area contributed by atoms with Crippen LogP contribution in [0.4, 0.5) is 0 Å². The minimum Gasteiger partial charge on any atom is -0.497 e. The van der Waals surface area contributed by atoms with Crippen LogP contribution in [0.3, 0.4) is 0 Å². The van der Waals surface area contributed by atoms with Crippen molar-refractivity contribution in [3.8, 4) is 17.0 Å². The van der Waals surface area contributed by atoms with Gasteiger partial charge in [-0.3, -0.25) is 9.89 Å². The number of nitrogens with one attached hydrogen (secondary N) is 1. The van der Waals surface area contributed by atoms with E-state index >= 15 is 0 Å². The van der Waals surface area contributed by atoms with E-state index in [1.54, 1.807) is 19.1 Å². The second kappa shape index (κ2) is 8.51. The highest BCUT2D eigenvalue weighted by Crippen LogP contribution is 2.26. The molecule has 2 N–H and O–H groups in total. The number of carbonyl (C=O) groups is 1. The smallest absolute Gasteiger partial charge is 0.257 e. The Labute approximate surface area is 158 Å². The molecule has 0 bridgehead atoms. The average molecular weight is 365 g/mol. The molecular weight excluding hydrogens is 342 g/mol. The molecular formula is C21H23N3O3. The minimum atomic E-state index is -0.608. The Kier molecular flexibility index (Phi) is 5.88. The number of carbonyl (C=O) groups excluding carboxylic acids is 1. The Morgan fingerprint density at radius 2 is 2.00 bits per heavy atom. The first-order valence-corrected chi connectivity index (χ1v) is 8.76. The van der Waals surface area contributed by atoms with Gasteiger partial charge in [0.05, 0.1) is 30.7 Å². The predicted molar refractivity (Wildman–Crippen MR) is 104 cm³/mol. The molecule has 0 spiro atoms. The summed E-state index contributed by atoms with van der Waals surface area (Å²) in [5.74, 6) is 0.557. The second-order valence-corrected chi connectivity index (χ2v) is 6.33. The number of aliphatic hydroxyl groups is 1. The van der Waals surface area contributed by atoms with E-state index in [-0.39, 0.29) is 5.91 Å². The number of nitrogens with zero attached hydrogens (tertiary/aromatic N) is 2. The van der Waals surface area contributed by atoms with Crippen molar-refractivity contribution in [1.82, 2.24) is 15.1 Å². The van der Waals surface area contributed by atoms with Crippen molar-refractivity contribution in [2.45, 2.75) is 12.5 Å². The molecule has 0 aliphatic heterocycles. The van der Waals surface area contributed by atoms with Gasteiger partial charge >= 0.3 is 0 Å². The highest BCUT2D eigenvalue weighted by Gasteiger charge is 2.20. The van der Waals surface area contributed by atoms with Gasteiger partial charge in [0.15, 0.2) is 0 Å². The molecule has 0 radical (unpaired) electrons. The fourth-order valence-electron chi connectivity index (χ4n) is 2.91. The lowest BCUT2D eigenvalue weighted by molar-refractivity contribution is 0.0762. The van der Waals surface area contributed by atoms with Crippen LogP contribution in [0.25, 0.3) is 11.3 Å². The normalized spacial score (nSPS) is 11.8. The zero-order valence-electron chi connectivity index (χ0n) is 15.4. The van der Waals surface area contributed by atoms with E-state index < -0.39 is 6.10 Å². The number of ether oxygens (including phenoxy) is 1. The number of hydrogen-bond donors (Lipinski definition) is 2. The molecule has 0 unspecified atom stereocenters. The Balaban J connectivity index is 1.70. The molecule has 27 heavy (non-hydrogen) atoms. The van der Waals surface area contributed by atoms with Crippen LogP contribution >= 0.6 is 0 Å². The first kappa shape index (κ1) is 18.7. The second-order valence-electron chi connectivity index (χ2n) is 6.33. The molecule has 1 aromatic heterocycles. The number of H-pyrrole nitrogens is 1. The van der Waals surface area contributed by atoms with Gasteiger partial charge in [-0.15, -0.1) is 0 Å². The molecule has 2 aromatic carbocycles. The van der Waals surface area contributed by atoms with E-state index in [0.717, 1.165) is 11.1 Å². The van der Waals surface area contributed by atoms with Crippen LogP contribution in [-0.4, -0.2) is 46.8 Å². The zero-order chi connectivity index (χ0) is 19.2. The highest BCUT2D eigenvalue weighted by atomic mass is 16.5. The lowest BCUT2D eigenvalue weighted by Crippen LogP contribution is -2.28. The van der Waals surface area contributed by atoms with Crippen molar-refractivity contribution in [3.63, 3.8) is 0 Å². The fourth-order valence-corrected chi connectivity index (χ4v) is 2.91. The van der Waals surface area contributed by atoms with Crippen molar-refractivity contribution in [1.29, 1.82) is 0 Å². The molecule has 0 saturated carbocycles. The van der Waals surface area contributed by atoms with E-state index in [1.165, 1.54) is 6.20 Å². The van der Waals surface area contributed by atoms with Crippen LogP contribution in [0.2, 0.25) is 0 Å². The Morgan fingerprint density at radius 1 is 1.22 bits per heavy atom. The topological polar surface area (TPSA) is 78.5 Å². The summed E-state index contributed by atoms with van der Waals surface area (Å²) in [7, 11) is 3.33. The van der Waals surface area contributed by atoms with E-state index in [1.807, 2.05) is 54.6 Å². The maximum absolute atomic E-state index is 12.9. The number of amides is 1. The van der Waals surface area contributed by atoms with Gasteiger partial charge in [-0.05, 0) is 24.1 Å². The number of benzene rings is 2. The predicted octanol–water partition coefficient (Wildman–Crippen LogP) is 3.28. The SMILES string of the molecule is COc1cccc(-c2[nH]ncc2C(=O)N(C)CC[C@H](O)c2ccccc2)c1. The quantitative estimate of drug-likeness (QED) is 0.673. The van der Waals surface area contributed by atoms with E-state index in [0.29, 0.717) is 30.0 Å². The lowest BCUT2D eigenvalue weighted by Gasteiger charge is -2.19. The largest absolute Gasteiger partial charge is 0.497 e. The summed E-state index contributed by atoms with van der Waals surface area (Å²) >= 11 is 0. The van der Waals surface area contributed by atoms with Crippen LogP contribution < -0.4 is 4.74 Å². The number of aromatic nitrogens is 2. The van der Waals surface area contributed by atoms with Crippen molar-refractivity contribution in [3.05, 3.63) is 71.9 Å². The molecule has 3 aromatic rings. The maximum Gasteiger partial charge on any atom is 0.257 e. The molecule has 140 valence electrons. The number of methoxy groups -OCH3 is 1. The van der Waals surface area contributed by atoms with Gasteiger partial charge < -0.3 is 14.7 Å². The Bertz CT molecular complexity index is 892. The summed E-state index contributed by atoms with van der Waals surface area (Å²) < 4.78 is 5.25. The summed E-state index contributed by atoms with van der Waals surface area (Å²) in [6.07, 6.45) is 1.38. The van der Waals surface area contributed by atoms with Crippen molar-refractivity contribution in [2.24, 2.45) is 0 Å².